The molecule has 138 valence electrons. The van der Waals surface area contributed by atoms with Crippen LogP contribution in [0.4, 0.5) is 0 Å². The largest absolute Gasteiger partial charge is 0.478 e. The van der Waals surface area contributed by atoms with Crippen molar-refractivity contribution in [3.63, 3.8) is 0 Å². The molecule has 0 saturated heterocycles. The Bertz CT molecular complexity index is 1170. The molecule has 0 fully saturated rings. The number of hydrogen-bond donors (Lipinski definition) is 2. The minimum Gasteiger partial charge on any atom is -0.478 e. The number of benzene rings is 2. The predicted octanol–water partition coefficient (Wildman–Crippen LogP) is 2.88. The summed E-state index contributed by atoms with van der Waals surface area (Å²) in [7, 11) is 0. The molecule has 0 bridgehead atoms. The number of halogens is 1. The minimum absolute atomic E-state index is 0.0731. The zero-order valence-electron chi connectivity index (χ0n) is 15.0. The molecule has 27 heavy (non-hydrogen) atoms. The summed E-state index contributed by atoms with van der Waals surface area (Å²) in [6.45, 7) is 8.13. The van der Waals surface area contributed by atoms with Crippen molar-refractivity contribution in [2.75, 3.05) is 0 Å². The van der Waals surface area contributed by atoms with Gasteiger partial charge in [0.2, 0.25) is 0 Å². The molecule has 0 radical (unpaired) electrons. The van der Waals surface area contributed by atoms with Gasteiger partial charge in [-0.25, -0.2) is 9.48 Å². The molecule has 0 amide bonds. The Morgan fingerprint density at radius 2 is 1.89 bits per heavy atom. The van der Waals surface area contributed by atoms with Gasteiger partial charge in [-0.05, 0) is 41.3 Å². The van der Waals surface area contributed by atoms with Gasteiger partial charge in [0, 0.05) is 0 Å². The molecular formula is C21H19ClN2O3. The summed E-state index contributed by atoms with van der Waals surface area (Å²) in [6, 6.07) is 12.3. The molecule has 3 aromatic rings. The van der Waals surface area contributed by atoms with Crippen molar-refractivity contribution in [2.45, 2.75) is 19.8 Å². The number of nitrogens with one attached hydrogen (secondary N) is 1. The molecule has 0 atom stereocenters. The maximum absolute atomic E-state index is 12.8. The van der Waals surface area contributed by atoms with E-state index in [0.717, 1.165) is 5.56 Å². The fourth-order valence-electron chi connectivity index (χ4n) is 2.79. The van der Waals surface area contributed by atoms with E-state index in [1.165, 1.54) is 22.4 Å². The number of rotatable bonds is 4. The van der Waals surface area contributed by atoms with Crippen LogP contribution < -0.4 is 16.1 Å². The number of nitrogens with zero attached hydrogens (tertiary/aromatic N) is 1. The average Bonchev–Trinajstić information content (AvgIpc) is 2.90. The number of aromatic nitrogens is 2. The Morgan fingerprint density at radius 3 is 2.48 bits per heavy atom. The molecule has 0 spiro atoms. The molecule has 2 aromatic carbocycles. The summed E-state index contributed by atoms with van der Waals surface area (Å²) in [4.78, 5) is 24.1. The maximum atomic E-state index is 12.8. The third-order valence-corrected chi connectivity index (χ3v) is 4.69. The number of carboxylic acid groups (broad SMARTS) is 1. The summed E-state index contributed by atoms with van der Waals surface area (Å²) in [5.41, 5.74) is 2.09. The standard InChI is InChI=1S/C21H19ClN2O3/c1-12(2)15-6-4-14(5-7-15)10-17-13(3)23-24(20(17)25)16-8-9-19(22)18(11-16)21(26)27/h4-12,23H,3H2,1-2H3,(H,26,27)/b17-10-. The van der Waals surface area contributed by atoms with Crippen LogP contribution in [0.5, 0.6) is 0 Å². The van der Waals surface area contributed by atoms with E-state index >= 15 is 0 Å². The summed E-state index contributed by atoms with van der Waals surface area (Å²) in [5.74, 6) is -0.728. The molecule has 0 aliphatic rings. The summed E-state index contributed by atoms with van der Waals surface area (Å²) >= 11 is 5.90. The van der Waals surface area contributed by atoms with E-state index in [4.69, 9.17) is 11.6 Å². The normalized spacial score (nSPS) is 11.9. The number of aromatic carboxylic acids is 1. The summed E-state index contributed by atoms with van der Waals surface area (Å²) in [5, 5.41) is 13.1. The molecule has 0 aliphatic heterocycles. The van der Waals surface area contributed by atoms with Gasteiger partial charge >= 0.3 is 5.97 Å². The van der Waals surface area contributed by atoms with Crippen LogP contribution in [0.2, 0.25) is 5.02 Å². The van der Waals surface area contributed by atoms with Crippen molar-refractivity contribution in [3.8, 4) is 5.69 Å². The zero-order chi connectivity index (χ0) is 19.7. The molecule has 0 unspecified atom stereocenters. The molecule has 2 N–H and O–H groups in total. The third-order valence-electron chi connectivity index (χ3n) is 4.36. The number of aromatic amines is 1. The van der Waals surface area contributed by atoms with Crippen LogP contribution in [0.3, 0.4) is 0 Å². The van der Waals surface area contributed by atoms with Crippen LogP contribution in [0.25, 0.3) is 18.3 Å². The lowest BCUT2D eigenvalue weighted by Crippen LogP contribution is -2.34. The first-order valence-electron chi connectivity index (χ1n) is 8.43. The highest BCUT2D eigenvalue weighted by molar-refractivity contribution is 6.33. The Balaban J connectivity index is 2.11. The topological polar surface area (TPSA) is 75.1 Å². The van der Waals surface area contributed by atoms with E-state index in [9.17, 15) is 14.7 Å². The van der Waals surface area contributed by atoms with Gasteiger partial charge in [0.15, 0.2) is 0 Å². The first-order valence-corrected chi connectivity index (χ1v) is 8.80. The van der Waals surface area contributed by atoms with Crippen LogP contribution >= 0.6 is 11.6 Å². The second-order valence-electron chi connectivity index (χ2n) is 6.58. The van der Waals surface area contributed by atoms with Gasteiger partial charge in [-0.15, -0.1) is 0 Å². The van der Waals surface area contributed by atoms with Crippen LogP contribution in [-0.2, 0) is 0 Å². The summed E-state index contributed by atoms with van der Waals surface area (Å²) in [6.07, 6.45) is 1.76. The van der Waals surface area contributed by atoms with Crippen molar-refractivity contribution in [3.05, 3.63) is 85.1 Å². The fraction of sp³-hybridized carbons (Fsp3) is 0.143. The number of H-pyrrole nitrogens is 1. The highest BCUT2D eigenvalue weighted by Crippen LogP contribution is 2.18. The van der Waals surface area contributed by atoms with E-state index in [1.807, 2.05) is 24.3 Å². The number of carbonyl (C=O) groups is 1. The average molecular weight is 383 g/mol. The van der Waals surface area contributed by atoms with E-state index in [2.05, 4.69) is 25.5 Å². The maximum Gasteiger partial charge on any atom is 0.337 e. The quantitative estimate of drug-likeness (QED) is 0.728. The first kappa shape index (κ1) is 18.7. The van der Waals surface area contributed by atoms with E-state index < -0.39 is 5.97 Å². The smallest absolute Gasteiger partial charge is 0.337 e. The first-order chi connectivity index (χ1) is 12.8. The minimum atomic E-state index is -1.16. The lowest BCUT2D eigenvalue weighted by Gasteiger charge is -2.04. The number of carboxylic acids is 1. The van der Waals surface area contributed by atoms with Gasteiger partial charge in [0.25, 0.3) is 5.56 Å². The Kier molecular flexibility index (Phi) is 5.06. The lowest BCUT2D eigenvalue weighted by atomic mass is 10.0. The molecule has 0 aliphatic carbocycles. The van der Waals surface area contributed by atoms with Crippen LogP contribution in [0.1, 0.15) is 41.3 Å². The Morgan fingerprint density at radius 1 is 1.22 bits per heavy atom. The third kappa shape index (κ3) is 3.73. The van der Waals surface area contributed by atoms with Crippen molar-refractivity contribution in [1.29, 1.82) is 0 Å². The van der Waals surface area contributed by atoms with Gasteiger partial charge in [0.05, 0.1) is 26.8 Å². The molecule has 6 heteroatoms. The van der Waals surface area contributed by atoms with Gasteiger partial charge in [0.1, 0.15) is 0 Å². The highest BCUT2D eigenvalue weighted by atomic mass is 35.5. The number of hydrogen-bond acceptors (Lipinski definition) is 2. The monoisotopic (exact) mass is 382 g/mol. The van der Waals surface area contributed by atoms with Crippen molar-refractivity contribution in [1.82, 2.24) is 9.78 Å². The van der Waals surface area contributed by atoms with E-state index in [0.29, 0.717) is 22.2 Å². The van der Waals surface area contributed by atoms with Crippen LogP contribution in [0.15, 0.2) is 47.3 Å². The molecule has 3 rings (SSSR count). The molecule has 5 nitrogen and oxygen atoms in total. The highest BCUT2D eigenvalue weighted by Gasteiger charge is 2.12. The second kappa shape index (κ2) is 7.29. The zero-order valence-corrected chi connectivity index (χ0v) is 15.7. The molecule has 1 aromatic heterocycles. The fourth-order valence-corrected chi connectivity index (χ4v) is 2.98. The van der Waals surface area contributed by atoms with Crippen molar-refractivity contribution < 1.29 is 9.90 Å². The van der Waals surface area contributed by atoms with Gasteiger partial charge < -0.3 is 5.11 Å². The predicted molar refractivity (Wildman–Crippen MR) is 107 cm³/mol. The van der Waals surface area contributed by atoms with E-state index in [-0.39, 0.29) is 16.1 Å². The molecular weight excluding hydrogens is 364 g/mol. The van der Waals surface area contributed by atoms with Gasteiger partial charge in [-0.1, -0.05) is 56.3 Å². The van der Waals surface area contributed by atoms with Gasteiger partial charge in [-0.3, -0.25) is 9.89 Å². The van der Waals surface area contributed by atoms with Crippen LogP contribution in [-0.4, -0.2) is 20.9 Å². The van der Waals surface area contributed by atoms with Crippen LogP contribution in [0, 0.1) is 0 Å². The van der Waals surface area contributed by atoms with Gasteiger partial charge in [-0.2, -0.15) is 0 Å². The molecule has 0 saturated carbocycles. The second-order valence-corrected chi connectivity index (χ2v) is 6.99. The molecule has 1 heterocycles. The summed E-state index contributed by atoms with van der Waals surface area (Å²) < 4.78 is 1.26. The SMILES string of the molecule is C=c1[nH]n(-c2ccc(Cl)c(C(=O)O)c2)c(=O)/c1=C\c1ccc(C(C)C)cc1. The van der Waals surface area contributed by atoms with Crippen molar-refractivity contribution >= 4 is 30.2 Å². The lowest BCUT2D eigenvalue weighted by molar-refractivity contribution is 0.0697. The Labute approximate surface area is 160 Å². The Hall–Kier alpha value is -3.05. The van der Waals surface area contributed by atoms with E-state index in [1.54, 1.807) is 12.1 Å². The van der Waals surface area contributed by atoms with Crippen molar-refractivity contribution in [2.24, 2.45) is 0 Å².